The number of carbonyl (C=O) groups excluding carboxylic acids is 3. The first-order chi connectivity index (χ1) is 30.0. The van der Waals surface area contributed by atoms with Crippen molar-refractivity contribution in [2.75, 3.05) is 46.1 Å². The van der Waals surface area contributed by atoms with Gasteiger partial charge in [0.05, 0.1) is 6.61 Å². The summed E-state index contributed by atoms with van der Waals surface area (Å²) in [7, 11) is 4.20. The summed E-state index contributed by atoms with van der Waals surface area (Å²) in [5.74, 6) is 0.829. The van der Waals surface area contributed by atoms with E-state index in [0.717, 1.165) is 122 Å². The van der Waals surface area contributed by atoms with E-state index in [2.05, 4.69) is 58.5 Å². The van der Waals surface area contributed by atoms with Gasteiger partial charge < -0.3 is 19.3 Å². The van der Waals surface area contributed by atoms with Crippen molar-refractivity contribution in [3.05, 3.63) is 0 Å². The van der Waals surface area contributed by atoms with Crippen LogP contribution >= 0.6 is 11.8 Å². The van der Waals surface area contributed by atoms with Crippen LogP contribution in [0.5, 0.6) is 0 Å². The van der Waals surface area contributed by atoms with E-state index in [1.54, 1.807) is 0 Å². The van der Waals surface area contributed by atoms with Crippen LogP contribution in [-0.4, -0.2) is 79.2 Å². The summed E-state index contributed by atoms with van der Waals surface area (Å²) < 4.78 is 11.8. The van der Waals surface area contributed by atoms with Gasteiger partial charge in [-0.25, -0.2) is 0 Å². The Morgan fingerprint density at radius 2 is 0.887 bits per heavy atom. The van der Waals surface area contributed by atoms with Crippen LogP contribution in [0.4, 0.5) is 4.79 Å². The van der Waals surface area contributed by atoms with Gasteiger partial charge in [0.15, 0.2) is 0 Å². The van der Waals surface area contributed by atoms with Crippen LogP contribution in [0.1, 0.15) is 272 Å². The fourth-order valence-corrected chi connectivity index (χ4v) is 9.14. The molecule has 0 atom stereocenters. The van der Waals surface area contributed by atoms with E-state index < -0.39 is 0 Å². The van der Waals surface area contributed by atoms with Crippen molar-refractivity contribution in [2.24, 2.45) is 5.41 Å². The van der Waals surface area contributed by atoms with Gasteiger partial charge in [-0.3, -0.25) is 14.4 Å². The minimum absolute atomic E-state index is 0.00115. The van der Waals surface area contributed by atoms with E-state index in [4.69, 9.17) is 9.47 Å². The molecular formula is C54H106N2O5S. The summed E-state index contributed by atoms with van der Waals surface area (Å²) in [5, 5.41) is 0.226. The molecule has 0 saturated carbocycles. The summed E-state index contributed by atoms with van der Waals surface area (Å²) in [4.78, 5) is 43.0. The molecule has 0 heterocycles. The summed E-state index contributed by atoms with van der Waals surface area (Å²) in [6.07, 6.45) is 42.6. The van der Waals surface area contributed by atoms with Crippen LogP contribution < -0.4 is 0 Å². The Morgan fingerprint density at radius 3 is 1.37 bits per heavy atom. The van der Waals surface area contributed by atoms with E-state index in [1.165, 1.54) is 140 Å². The van der Waals surface area contributed by atoms with Crippen molar-refractivity contribution in [1.29, 1.82) is 0 Å². The van der Waals surface area contributed by atoms with E-state index >= 15 is 0 Å². The SMILES string of the molecule is CCCCCCCCCCC(=O)OCC(C)(C)CCCCCN(CCCCCCCC(=O)OC(CCCCCCCCC)CCCCCCCCC)C(=O)SCCCCN(C)C. The maximum Gasteiger partial charge on any atom is 0.306 e. The third-order valence-corrected chi connectivity index (χ3v) is 13.5. The van der Waals surface area contributed by atoms with Crippen LogP contribution in [0.3, 0.4) is 0 Å². The molecule has 0 rings (SSSR count). The minimum Gasteiger partial charge on any atom is -0.465 e. The molecule has 0 N–H and O–H groups in total. The summed E-state index contributed by atoms with van der Waals surface area (Å²) in [6, 6.07) is 0. The molecule has 0 bridgehead atoms. The van der Waals surface area contributed by atoms with E-state index in [9.17, 15) is 14.4 Å². The molecule has 0 aliphatic carbocycles. The molecule has 0 aromatic rings. The lowest BCUT2D eigenvalue weighted by Crippen LogP contribution is -2.30. The van der Waals surface area contributed by atoms with Gasteiger partial charge in [-0.2, -0.15) is 0 Å². The second kappa shape index (κ2) is 44.9. The van der Waals surface area contributed by atoms with E-state index in [-0.39, 0.29) is 28.7 Å². The van der Waals surface area contributed by atoms with Crippen molar-refractivity contribution < 1.29 is 23.9 Å². The van der Waals surface area contributed by atoms with Crippen LogP contribution in [0.2, 0.25) is 0 Å². The van der Waals surface area contributed by atoms with Crippen LogP contribution in [0.15, 0.2) is 0 Å². The Labute approximate surface area is 390 Å². The van der Waals surface area contributed by atoms with Gasteiger partial charge in [0, 0.05) is 31.7 Å². The number of carbonyl (C=O) groups is 3. The molecule has 0 saturated heterocycles. The van der Waals surface area contributed by atoms with Gasteiger partial charge in [-0.1, -0.05) is 200 Å². The first-order valence-electron chi connectivity index (χ1n) is 27.0. The Balaban J connectivity index is 4.62. The first kappa shape index (κ1) is 60.7. The second-order valence-electron chi connectivity index (χ2n) is 19.9. The number of unbranched alkanes of at least 4 members (excludes halogenated alkanes) is 26. The molecule has 0 aromatic heterocycles. The molecule has 62 heavy (non-hydrogen) atoms. The lowest BCUT2D eigenvalue weighted by molar-refractivity contribution is -0.150. The average Bonchev–Trinajstić information content (AvgIpc) is 3.24. The number of hydrogen-bond acceptors (Lipinski definition) is 7. The highest BCUT2D eigenvalue weighted by atomic mass is 32.2. The fourth-order valence-electron chi connectivity index (χ4n) is 8.25. The summed E-state index contributed by atoms with van der Waals surface area (Å²) >= 11 is 1.49. The van der Waals surface area contributed by atoms with Crippen molar-refractivity contribution >= 4 is 28.9 Å². The van der Waals surface area contributed by atoms with E-state index in [1.807, 2.05) is 0 Å². The van der Waals surface area contributed by atoms with E-state index in [0.29, 0.717) is 19.4 Å². The monoisotopic (exact) mass is 895 g/mol. The largest absolute Gasteiger partial charge is 0.465 e. The molecule has 7 nitrogen and oxygen atoms in total. The summed E-state index contributed by atoms with van der Waals surface area (Å²) in [6.45, 7) is 14.4. The highest BCUT2D eigenvalue weighted by Gasteiger charge is 2.21. The standard InChI is InChI=1S/C54H106N2O5S/c1-8-11-14-17-20-23-27-33-42-51(57)60-49-54(4,5)44-35-30-37-47-56(53(59)62-48-39-38-45-55(6)7)46-36-29-24-28-34-43-52(58)61-50(40-31-25-21-18-15-12-9-2)41-32-26-22-19-16-13-10-3/h50H,8-49H2,1-7H3. The van der Waals surface area contributed by atoms with Crippen molar-refractivity contribution in [1.82, 2.24) is 9.80 Å². The molecule has 0 fully saturated rings. The number of amides is 1. The molecule has 0 aromatic carbocycles. The zero-order valence-corrected chi connectivity index (χ0v) is 43.4. The molecule has 0 unspecified atom stereocenters. The predicted molar refractivity (Wildman–Crippen MR) is 270 cm³/mol. The first-order valence-corrected chi connectivity index (χ1v) is 27.9. The van der Waals surface area contributed by atoms with Crippen molar-refractivity contribution in [3.8, 4) is 0 Å². The number of ether oxygens (including phenoxy) is 2. The second-order valence-corrected chi connectivity index (χ2v) is 21.0. The van der Waals surface area contributed by atoms with Crippen LogP contribution in [-0.2, 0) is 19.1 Å². The molecule has 0 radical (unpaired) electrons. The highest BCUT2D eigenvalue weighted by Crippen LogP contribution is 2.25. The van der Waals surface area contributed by atoms with Crippen LogP contribution in [0, 0.1) is 5.41 Å². The zero-order chi connectivity index (χ0) is 45.8. The molecule has 8 heteroatoms. The Bertz CT molecular complexity index is 989. The quantitative estimate of drug-likeness (QED) is 0.0445. The maximum absolute atomic E-state index is 13.4. The summed E-state index contributed by atoms with van der Waals surface area (Å²) in [5.41, 5.74) is -0.0359. The van der Waals surface area contributed by atoms with Crippen molar-refractivity contribution in [3.63, 3.8) is 0 Å². The average molecular weight is 896 g/mol. The normalized spacial score (nSPS) is 11.8. The molecule has 1 amide bonds. The fraction of sp³-hybridized carbons (Fsp3) is 0.944. The number of rotatable bonds is 47. The van der Waals surface area contributed by atoms with Crippen molar-refractivity contribution in [2.45, 2.75) is 278 Å². The predicted octanol–water partition coefficient (Wildman–Crippen LogP) is 16.7. The number of thioether (sulfide) groups is 1. The zero-order valence-electron chi connectivity index (χ0n) is 42.6. The Kier molecular flexibility index (Phi) is 44.0. The topological polar surface area (TPSA) is 76.1 Å². The molecule has 0 spiro atoms. The number of esters is 2. The molecule has 0 aliphatic rings. The van der Waals surface area contributed by atoms with Gasteiger partial charge in [0.2, 0.25) is 0 Å². The third-order valence-electron chi connectivity index (χ3n) is 12.5. The molecule has 368 valence electrons. The Morgan fingerprint density at radius 1 is 0.484 bits per heavy atom. The highest BCUT2D eigenvalue weighted by molar-refractivity contribution is 8.13. The van der Waals surface area contributed by atoms with Gasteiger partial charge in [0.25, 0.3) is 5.24 Å². The number of hydrogen-bond donors (Lipinski definition) is 0. The van der Waals surface area contributed by atoms with Crippen LogP contribution in [0.25, 0.3) is 0 Å². The maximum atomic E-state index is 13.4. The Hall–Kier alpha value is -1.28. The number of nitrogens with zero attached hydrogens (tertiary/aromatic N) is 2. The lowest BCUT2D eigenvalue weighted by Gasteiger charge is -2.25. The van der Waals surface area contributed by atoms with Gasteiger partial charge in [0.1, 0.15) is 6.10 Å². The molecule has 0 aliphatic heterocycles. The smallest absolute Gasteiger partial charge is 0.306 e. The molecular weight excluding hydrogens is 789 g/mol. The third kappa shape index (κ3) is 42.7. The minimum atomic E-state index is -0.0493. The van der Waals surface area contributed by atoms with Gasteiger partial charge in [-0.15, -0.1) is 0 Å². The lowest BCUT2D eigenvalue weighted by atomic mass is 9.88. The van der Waals surface area contributed by atoms with Gasteiger partial charge >= 0.3 is 11.9 Å². The van der Waals surface area contributed by atoms with Gasteiger partial charge in [-0.05, 0) is 96.7 Å².